The molecule has 0 unspecified atom stereocenters. The largest absolute Gasteiger partial charge is 0.497 e. The second-order valence-corrected chi connectivity index (χ2v) is 5.04. The third kappa shape index (κ3) is 3.12. The summed E-state index contributed by atoms with van der Waals surface area (Å²) in [7, 11) is 1.45. The van der Waals surface area contributed by atoms with E-state index in [1.165, 1.54) is 19.2 Å². The van der Waals surface area contributed by atoms with Gasteiger partial charge in [-0.3, -0.25) is 4.79 Å². The summed E-state index contributed by atoms with van der Waals surface area (Å²) in [5.41, 5.74) is 0.0178. The standard InChI is InChI=1S/C14H14FNO2S/c1-9(13-4-3-7-19-13)16-14(17)11-6-5-10(18-2)8-12(11)15/h3-9H,1-2H3,(H,16,17)/t9-/m0/s1. The molecule has 0 radical (unpaired) electrons. The Kier molecular flexibility index (Phi) is 4.16. The van der Waals surface area contributed by atoms with Gasteiger partial charge in [0.25, 0.3) is 5.91 Å². The fraction of sp³-hybridized carbons (Fsp3) is 0.214. The minimum absolute atomic E-state index is 0.0178. The van der Waals surface area contributed by atoms with Gasteiger partial charge in [0.15, 0.2) is 0 Å². The maximum Gasteiger partial charge on any atom is 0.254 e. The second kappa shape index (κ2) is 5.84. The van der Waals surface area contributed by atoms with Gasteiger partial charge in [0, 0.05) is 10.9 Å². The molecule has 2 rings (SSSR count). The van der Waals surface area contributed by atoms with Crippen LogP contribution in [0, 0.1) is 5.82 Å². The molecule has 1 heterocycles. The molecule has 0 aliphatic heterocycles. The lowest BCUT2D eigenvalue weighted by Crippen LogP contribution is -2.26. The Balaban J connectivity index is 2.12. The van der Waals surface area contributed by atoms with Crippen molar-refractivity contribution < 1.29 is 13.9 Å². The zero-order valence-electron chi connectivity index (χ0n) is 10.6. The van der Waals surface area contributed by atoms with Crippen molar-refractivity contribution in [3.8, 4) is 5.75 Å². The van der Waals surface area contributed by atoms with Crippen LogP contribution in [-0.4, -0.2) is 13.0 Å². The van der Waals surface area contributed by atoms with Crippen LogP contribution in [0.3, 0.4) is 0 Å². The smallest absolute Gasteiger partial charge is 0.254 e. The predicted molar refractivity (Wildman–Crippen MR) is 73.2 cm³/mol. The Hall–Kier alpha value is -1.88. The van der Waals surface area contributed by atoms with Crippen molar-refractivity contribution in [1.29, 1.82) is 0 Å². The Morgan fingerprint density at radius 3 is 2.79 bits per heavy atom. The Morgan fingerprint density at radius 1 is 1.42 bits per heavy atom. The Morgan fingerprint density at radius 2 is 2.21 bits per heavy atom. The second-order valence-electron chi connectivity index (χ2n) is 4.06. The number of methoxy groups -OCH3 is 1. The van der Waals surface area contributed by atoms with E-state index in [1.807, 2.05) is 24.4 Å². The fourth-order valence-corrected chi connectivity index (χ4v) is 2.42. The molecule has 3 nitrogen and oxygen atoms in total. The van der Waals surface area contributed by atoms with Crippen LogP contribution in [-0.2, 0) is 0 Å². The minimum atomic E-state index is -0.588. The van der Waals surface area contributed by atoms with Gasteiger partial charge in [-0.05, 0) is 30.5 Å². The van der Waals surface area contributed by atoms with Crippen LogP contribution in [0.2, 0.25) is 0 Å². The van der Waals surface area contributed by atoms with Gasteiger partial charge in [0.1, 0.15) is 11.6 Å². The van der Waals surface area contributed by atoms with Gasteiger partial charge in [0.2, 0.25) is 0 Å². The molecule has 0 aliphatic carbocycles. The number of benzene rings is 1. The van der Waals surface area contributed by atoms with Crippen molar-refractivity contribution in [1.82, 2.24) is 5.32 Å². The molecule has 0 fully saturated rings. The molecule has 2 aromatic rings. The Labute approximate surface area is 115 Å². The number of halogens is 1. The van der Waals surface area contributed by atoms with Crippen molar-refractivity contribution in [2.75, 3.05) is 7.11 Å². The maximum absolute atomic E-state index is 13.7. The van der Waals surface area contributed by atoms with E-state index in [4.69, 9.17) is 4.74 Å². The van der Waals surface area contributed by atoms with Crippen molar-refractivity contribution >= 4 is 17.2 Å². The van der Waals surface area contributed by atoms with Crippen LogP contribution in [0.1, 0.15) is 28.2 Å². The predicted octanol–water partition coefficient (Wildman–Crippen LogP) is 3.39. The first-order valence-electron chi connectivity index (χ1n) is 5.79. The summed E-state index contributed by atoms with van der Waals surface area (Å²) in [5, 5.41) is 4.70. The molecule has 19 heavy (non-hydrogen) atoms. The molecule has 100 valence electrons. The average Bonchev–Trinajstić information content (AvgIpc) is 2.92. The van der Waals surface area contributed by atoms with E-state index in [0.29, 0.717) is 5.75 Å². The first-order valence-corrected chi connectivity index (χ1v) is 6.67. The number of nitrogens with one attached hydrogen (secondary N) is 1. The zero-order valence-corrected chi connectivity index (χ0v) is 11.5. The average molecular weight is 279 g/mol. The third-order valence-corrected chi connectivity index (χ3v) is 3.79. The molecule has 5 heteroatoms. The highest BCUT2D eigenvalue weighted by molar-refractivity contribution is 7.10. The number of rotatable bonds is 4. The summed E-state index contributed by atoms with van der Waals surface area (Å²) >= 11 is 1.55. The fourth-order valence-electron chi connectivity index (χ4n) is 1.69. The minimum Gasteiger partial charge on any atom is -0.497 e. The van der Waals surface area contributed by atoms with Crippen molar-refractivity contribution in [2.24, 2.45) is 0 Å². The highest BCUT2D eigenvalue weighted by atomic mass is 32.1. The highest BCUT2D eigenvalue weighted by Gasteiger charge is 2.16. The highest BCUT2D eigenvalue weighted by Crippen LogP contribution is 2.20. The first-order chi connectivity index (χ1) is 9.11. The van der Waals surface area contributed by atoms with Crippen LogP contribution >= 0.6 is 11.3 Å². The quantitative estimate of drug-likeness (QED) is 0.931. The van der Waals surface area contributed by atoms with Crippen molar-refractivity contribution in [3.05, 3.63) is 52.0 Å². The summed E-state index contributed by atoms with van der Waals surface area (Å²) in [6.45, 7) is 1.87. The van der Waals surface area contributed by atoms with E-state index < -0.39 is 11.7 Å². The number of carbonyl (C=O) groups is 1. The molecule has 1 atom stereocenters. The van der Waals surface area contributed by atoms with E-state index in [9.17, 15) is 9.18 Å². The summed E-state index contributed by atoms with van der Waals surface area (Å²) < 4.78 is 18.6. The monoisotopic (exact) mass is 279 g/mol. The normalized spacial score (nSPS) is 11.9. The number of carbonyl (C=O) groups excluding carboxylic acids is 1. The van der Waals surface area contributed by atoms with Gasteiger partial charge in [-0.25, -0.2) is 4.39 Å². The summed E-state index contributed by atoms with van der Waals surface area (Å²) in [6.07, 6.45) is 0. The molecule has 1 amide bonds. The zero-order chi connectivity index (χ0) is 13.8. The topological polar surface area (TPSA) is 38.3 Å². The number of thiophene rings is 1. The molecular formula is C14H14FNO2S. The van der Waals surface area contributed by atoms with E-state index in [2.05, 4.69) is 5.32 Å². The molecule has 1 aromatic heterocycles. The lowest BCUT2D eigenvalue weighted by Gasteiger charge is -2.13. The van der Waals surface area contributed by atoms with Gasteiger partial charge < -0.3 is 10.1 Å². The number of ether oxygens (including phenoxy) is 1. The first kappa shape index (κ1) is 13.5. The molecule has 0 bridgehead atoms. The van der Waals surface area contributed by atoms with Gasteiger partial charge in [-0.15, -0.1) is 11.3 Å². The van der Waals surface area contributed by atoms with Gasteiger partial charge >= 0.3 is 0 Å². The van der Waals surface area contributed by atoms with Gasteiger partial charge in [-0.2, -0.15) is 0 Å². The van der Waals surface area contributed by atoms with E-state index in [0.717, 1.165) is 4.88 Å². The molecule has 0 spiro atoms. The van der Waals surface area contributed by atoms with Crippen LogP contribution in [0.25, 0.3) is 0 Å². The number of hydrogen-bond donors (Lipinski definition) is 1. The molecule has 1 aromatic carbocycles. The molecule has 0 saturated carbocycles. The number of amides is 1. The molecule has 0 aliphatic rings. The molecule has 0 saturated heterocycles. The SMILES string of the molecule is COc1ccc(C(=O)N[C@@H](C)c2cccs2)c(F)c1. The lowest BCUT2D eigenvalue weighted by atomic mass is 10.1. The van der Waals surface area contributed by atoms with Crippen LogP contribution in [0.5, 0.6) is 5.75 Å². The van der Waals surface area contributed by atoms with E-state index >= 15 is 0 Å². The third-order valence-electron chi connectivity index (χ3n) is 2.74. The van der Waals surface area contributed by atoms with Crippen LogP contribution in [0.15, 0.2) is 35.7 Å². The Bertz CT molecular complexity index is 569. The summed E-state index contributed by atoms with van der Waals surface area (Å²) in [4.78, 5) is 13.0. The van der Waals surface area contributed by atoms with E-state index in [-0.39, 0.29) is 11.6 Å². The van der Waals surface area contributed by atoms with Crippen LogP contribution < -0.4 is 10.1 Å². The van der Waals surface area contributed by atoms with Gasteiger partial charge in [0.05, 0.1) is 18.7 Å². The van der Waals surface area contributed by atoms with Gasteiger partial charge in [-0.1, -0.05) is 6.07 Å². The van der Waals surface area contributed by atoms with Crippen LogP contribution in [0.4, 0.5) is 4.39 Å². The molecular weight excluding hydrogens is 265 g/mol. The maximum atomic E-state index is 13.7. The lowest BCUT2D eigenvalue weighted by molar-refractivity contribution is 0.0936. The summed E-state index contributed by atoms with van der Waals surface area (Å²) in [5.74, 6) is -0.628. The van der Waals surface area contributed by atoms with Crippen molar-refractivity contribution in [3.63, 3.8) is 0 Å². The number of hydrogen-bond acceptors (Lipinski definition) is 3. The summed E-state index contributed by atoms with van der Waals surface area (Å²) in [6, 6.07) is 7.88. The van der Waals surface area contributed by atoms with Crippen molar-refractivity contribution in [2.45, 2.75) is 13.0 Å². The van der Waals surface area contributed by atoms with E-state index in [1.54, 1.807) is 17.4 Å². The molecule has 1 N–H and O–H groups in total.